The van der Waals surface area contributed by atoms with Crippen molar-refractivity contribution in [3.63, 3.8) is 0 Å². The van der Waals surface area contributed by atoms with Gasteiger partial charge in [0.15, 0.2) is 0 Å². The largest absolute Gasteiger partial charge is 0.367 e. The quantitative estimate of drug-likeness (QED) is 0.816. The molecular weight excluding hydrogens is 340 g/mol. The second-order valence-electron chi connectivity index (χ2n) is 7.21. The summed E-state index contributed by atoms with van der Waals surface area (Å²) in [5, 5.41) is 6.34. The molecule has 0 spiro atoms. The van der Waals surface area contributed by atoms with E-state index in [2.05, 4.69) is 37.6 Å². The Bertz CT molecular complexity index is 753. The molecule has 1 aromatic carbocycles. The van der Waals surface area contributed by atoms with E-state index in [-0.39, 0.29) is 5.91 Å². The van der Waals surface area contributed by atoms with Gasteiger partial charge in [0, 0.05) is 58.6 Å². The van der Waals surface area contributed by atoms with Crippen molar-refractivity contribution < 1.29 is 4.79 Å². The minimum absolute atomic E-state index is 0.0429. The van der Waals surface area contributed by atoms with Crippen LogP contribution in [0.3, 0.4) is 0 Å². The Kier molecular flexibility index (Phi) is 6.24. The average molecular weight is 368 g/mol. The number of amides is 1. The molecule has 27 heavy (non-hydrogen) atoms. The molecule has 0 aliphatic carbocycles. The molecule has 2 heterocycles. The number of piperidine rings is 1. The number of hydrogen-bond donors (Lipinski definition) is 2. The van der Waals surface area contributed by atoms with E-state index >= 15 is 0 Å². The van der Waals surface area contributed by atoms with Gasteiger partial charge in [-0.15, -0.1) is 0 Å². The first-order valence-corrected chi connectivity index (χ1v) is 9.35. The lowest BCUT2D eigenvalue weighted by molar-refractivity contribution is -0.114. The Hall–Kier alpha value is -2.67. The van der Waals surface area contributed by atoms with Crippen LogP contribution < -0.4 is 15.5 Å². The molecule has 2 N–H and O–H groups in total. The van der Waals surface area contributed by atoms with E-state index in [1.54, 1.807) is 6.20 Å². The van der Waals surface area contributed by atoms with Gasteiger partial charge in [0.05, 0.1) is 0 Å². The number of carbonyl (C=O) groups is 1. The molecule has 0 bridgehead atoms. The van der Waals surface area contributed by atoms with Gasteiger partial charge in [0.2, 0.25) is 11.9 Å². The molecule has 1 aliphatic heterocycles. The predicted octanol–water partition coefficient (Wildman–Crippen LogP) is 2.58. The van der Waals surface area contributed by atoms with Crippen LogP contribution in [0.15, 0.2) is 36.5 Å². The second-order valence-corrected chi connectivity index (χ2v) is 7.21. The molecule has 0 unspecified atom stereocenters. The molecule has 1 fully saturated rings. The van der Waals surface area contributed by atoms with Gasteiger partial charge in [-0.05, 0) is 36.6 Å². The average Bonchev–Trinajstić information content (AvgIpc) is 2.65. The highest BCUT2D eigenvalue weighted by Crippen LogP contribution is 2.19. The lowest BCUT2D eigenvalue weighted by Crippen LogP contribution is -2.38. The second kappa shape index (κ2) is 8.81. The van der Waals surface area contributed by atoms with Crippen molar-refractivity contribution in [2.75, 3.05) is 42.7 Å². The highest BCUT2D eigenvalue weighted by atomic mass is 16.1. The fraction of sp³-hybridized carbons (Fsp3) is 0.450. The molecule has 1 aromatic heterocycles. The van der Waals surface area contributed by atoms with Gasteiger partial charge in [0.25, 0.3) is 0 Å². The standard InChI is InChI=1S/C20H28N6O/c1-15(27)22-17-6-4-16(5-7-17)14-26-12-9-18(10-13-26)23-19-8-11-21-20(24-19)25(2)3/h4-8,11,18H,9-10,12-14H2,1-3H3,(H,22,27)(H,21,23,24). The van der Waals surface area contributed by atoms with Crippen LogP contribution >= 0.6 is 0 Å². The molecule has 0 radical (unpaired) electrons. The maximum atomic E-state index is 11.1. The van der Waals surface area contributed by atoms with E-state index in [9.17, 15) is 4.79 Å². The zero-order valence-corrected chi connectivity index (χ0v) is 16.3. The van der Waals surface area contributed by atoms with E-state index in [1.807, 2.05) is 37.2 Å². The van der Waals surface area contributed by atoms with E-state index in [0.717, 1.165) is 49.9 Å². The van der Waals surface area contributed by atoms with Gasteiger partial charge in [-0.2, -0.15) is 4.98 Å². The fourth-order valence-electron chi connectivity index (χ4n) is 3.24. The lowest BCUT2D eigenvalue weighted by Gasteiger charge is -2.32. The number of rotatable bonds is 6. The van der Waals surface area contributed by atoms with Crippen molar-refractivity contribution in [1.29, 1.82) is 0 Å². The van der Waals surface area contributed by atoms with Crippen LogP contribution in [-0.2, 0) is 11.3 Å². The minimum atomic E-state index is -0.0429. The molecule has 7 heteroatoms. The summed E-state index contributed by atoms with van der Waals surface area (Å²) in [7, 11) is 3.89. The number of anilines is 3. The highest BCUT2D eigenvalue weighted by Gasteiger charge is 2.19. The Labute approximate surface area is 160 Å². The van der Waals surface area contributed by atoms with Gasteiger partial charge in [-0.1, -0.05) is 12.1 Å². The molecular formula is C20H28N6O. The third kappa shape index (κ3) is 5.65. The van der Waals surface area contributed by atoms with Gasteiger partial charge < -0.3 is 15.5 Å². The van der Waals surface area contributed by atoms with Crippen molar-refractivity contribution in [3.8, 4) is 0 Å². The molecule has 7 nitrogen and oxygen atoms in total. The molecule has 0 saturated carbocycles. The van der Waals surface area contributed by atoms with Crippen molar-refractivity contribution in [2.24, 2.45) is 0 Å². The summed E-state index contributed by atoms with van der Waals surface area (Å²) in [4.78, 5) is 24.3. The van der Waals surface area contributed by atoms with Gasteiger partial charge >= 0.3 is 0 Å². The maximum absolute atomic E-state index is 11.1. The summed E-state index contributed by atoms with van der Waals surface area (Å²) in [6.07, 6.45) is 3.97. The Morgan fingerprint density at radius 3 is 2.52 bits per heavy atom. The highest BCUT2D eigenvalue weighted by molar-refractivity contribution is 5.88. The number of nitrogens with one attached hydrogen (secondary N) is 2. The zero-order valence-electron chi connectivity index (χ0n) is 16.3. The van der Waals surface area contributed by atoms with Crippen molar-refractivity contribution in [1.82, 2.24) is 14.9 Å². The van der Waals surface area contributed by atoms with Crippen molar-refractivity contribution in [3.05, 3.63) is 42.1 Å². The summed E-state index contributed by atoms with van der Waals surface area (Å²) in [6.45, 7) is 4.56. The van der Waals surface area contributed by atoms with Crippen LogP contribution in [0.4, 0.5) is 17.5 Å². The van der Waals surface area contributed by atoms with Crippen LogP contribution in [0.2, 0.25) is 0 Å². The van der Waals surface area contributed by atoms with Gasteiger partial charge in [-0.3, -0.25) is 9.69 Å². The van der Waals surface area contributed by atoms with Gasteiger partial charge in [0.1, 0.15) is 5.82 Å². The van der Waals surface area contributed by atoms with Crippen molar-refractivity contribution >= 4 is 23.4 Å². The normalized spacial score (nSPS) is 15.4. The number of carbonyl (C=O) groups excluding carboxylic acids is 1. The van der Waals surface area contributed by atoms with E-state index in [4.69, 9.17) is 0 Å². The summed E-state index contributed by atoms with van der Waals surface area (Å²) in [6, 6.07) is 10.5. The first-order chi connectivity index (χ1) is 13.0. The van der Waals surface area contributed by atoms with Gasteiger partial charge in [-0.25, -0.2) is 4.98 Å². The number of benzene rings is 1. The van der Waals surface area contributed by atoms with E-state index in [0.29, 0.717) is 6.04 Å². The Morgan fingerprint density at radius 1 is 1.19 bits per heavy atom. The van der Waals surface area contributed by atoms with E-state index in [1.165, 1.54) is 12.5 Å². The fourth-order valence-corrected chi connectivity index (χ4v) is 3.24. The monoisotopic (exact) mass is 368 g/mol. The Morgan fingerprint density at radius 2 is 1.89 bits per heavy atom. The zero-order chi connectivity index (χ0) is 19.2. The molecule has 144 valence electrons. The number of aromatic nitrogens is 2. The summed E-state index contributed by atoms with van der Waals surface area (Å²) >= 11 is 0. The molecule has 2 aromatic rings. The predicted molar refractivity (Wildman–Crippen MR) is 109 cm³/mol. The van der Waals surface area contributed by atoms with Crippen LogP contribution in [0.5, 0.6) is 0 Å². The third-order valence-corrected chi connectivity index (χ3v) is 4.66. The topological polar surface area (TPSA) is 73.4 Å². The van der Waals surface area contributed by atoms with Crippen LogP contribution in [0.1, 0.15) is 25.3 Å². The summed E-state index contributed by atoms with van der Waals surface area (Å²) < 4.78 is 0. The summed E-state index contributed by atoms with van der Waals surface area (Å²) in [5.74, 6) is 1.57. The molecule has 1 saturated heterocycles. The first-order valence-electron chi connectivity index (χ1n) is 9.35. The molecule has 3 rings (SSSR count). The van der Waals surface area contributed by atoms with Crippen LogP contribution in [0.25, 0.3) is 0 Å². The van der Waals surface area contributed by atoms with E-state index < -0.39 is 0 Å². The first kappa shape index (κ1) is 19.1. The minimum Gasteiger partial charge on any atom is -0.367 e. The number of likely N-dealkylation sites (tertiary alicyclic amines) is 1. The Balaban J connectivity index is 1.47. The maximum Gasteiger partial charge on any atom is 0.226 e. The molecule has 1 amide bonds. The third-order valence-electron chi connectivity index (χ3n) is 4.66. The molecule has 1 aliphatic rings. The van der Waals surface area contributed by atoms with Crippen molar-refractivity contribution in [2.45, 2.75) is 32.4 Å². The number of nitrogens with zero attached hydrogens (tertiary/aromatic N) is 4. The van der Waals surface area contributed by atoms with Crippen LogP contribution in [0, 0.1) is 0 Å². The number of hydrogen-bond acceptors (Lipinski definition) is 6. The molecule has 0 atom stereocenters. The SMILES string of the molecule is CC(=O)Nc1ccc(CN2CCC(Nc3ccnc(N(C)C)n3)CC2)cc1. The lowest BCUT2D eigenvalue weighted by atomic mass is 10.0. The smallest absolute Gasteiger partial charge is 0.226 e. The van der Waals surface area contributed by atoms with Crippen LogP contribution in [-0.4, -0.2) is 54.0 Å². The summed E-state index contributed by atoms with van der Waals surface area (Å²) in [5.41, 5.74) is 2.11.